The minimum atomic E-state index is -0.00333. The zero-order valence-corrected chi connectivity index (χ0v) is 20.7. The van der Waals surface area contributed by atoms with Crippen molar-refractivity contribution in [3.63, 3.8) is 0 Å². The van der Waals surface area contributed by atoms with Crippen molar-refractivity contribution in [2.24, 2.45) is 5.92 Å². The number of pyridine rings is 1. The van der Waals surface area contributed by atoms with E-state index in [1.807, 2.05) is 37.9 Å². The largest absolute Gasteiger partial charge is 0.383 e. The van der Waals surface area contributed by atoms with Gasteiger partial charge in [0, 0.05) is 51.8 Å². The van der Waals surface area contributed by atoms with Crippen molar-refractivity contribution in [1.82, 2.24) is 24.5 Å². The summed E-state index contributed by atoms with van der Waals surface area (Å²) in [7, 11) is 7.54. The number of thiophene rings is 1. The van der Waals surface area contributed by atoms with Gasteiger partial charge in [-0.05, 0) is 37.0 Å². The van der Waals surface area contributed by atoms with E-state index in [1.54, 1.807) is 35.9 Å². The third-order valence-electron chi connectivity index (χ3n) is 6.45. The summed E-state index contributed by atoms with van der Waals surface area (Å²) < 4.78 is 6.99. The lowest BCUT2D eigenvalue weighted by Gasteiger charge is -2.26. The summed E-state index contributed by atoms with van der Waals surface area (Å²) in [4.78, 5) is 28.2. The Hall–Kier alpha value is -3.24. The van der Waals surface area contributed by atoms with E-state index in [0.29, 0.717) is 13.2 Å². The number of amides is 1. The second-order valence-electron chi connectivity index (χ2n) is 8.89. The Balaban J connectivity index is 1.47. The summed E-state index contributed by atoms with van der Waals surface area (Å²) >= 11 is 1.68. The monoisotopic (exact) mass is 479 g/mol. The number of rotatable bonds is 7. The van der Waals surface area contributed by atoms with Crippen LogP contribution in [0.3, 0.4) is 0 Å². The highest BCUT2D eigenvalue weighted by Crippen LogP contribution is 2.41. The maximum atomic E-state index is 12.9. The van der Waals surface area contributed by atoms with Crippen LogP contribution < -0.4 is 10.2 Å². The normalized spacial score (nSPS) is 15.5. The van der Waals surface area contributed by atoms with E-state index in [9.17, 15) is 4.79 Å². The molecule has 0 saturated carbocycles. The predicted molar refractivity (Wildman–Crippen MR) is 135 cm³/mol. The third kappa shape index (κ3) is 4.07. The summed E-state index contributed by atoms with van der Waals surface area (Å²) in [5.41, 5.74) is 4.24. The molecule has 1 aliphatic rings. The fraction of sp³-hybridized carbons (Fsp3) is 0.417. The van der Waals surface area contributed by atoms with Gasteiger partial charge >= 0.3 is 0 Å². The first-order valence-electron chi connectivity index (χ1n) is 11.4. The average Bonchev–Trinajstić information content (AvgIpc) is 3.45. The molecule has 0 spiro atoms. The van der Waals surface area contributed by atoms with Crippen LogP contribution in [0.15, 0.2) is 30.9 Å². The first-order valence-corrected chi connectivity index (χ1v) is 12.2. The number of nitrogens with one attached hydrogen (secondary N) is 1. The molecule has 10 heteroatoms. The molecule has 0 aliphatic heterocycles. The SMILES string of the molecule is COCCN(C)C(=O)[C@H]1CCc2c(sc3ncnc(Nc4cc5ccnn5cc4N(C)C)c23)C1. The standard InChI is InChI=1S/C24H29N7O2S/c1-29(2)19-13-31-16(7-8-27-31)12-18(19)28-22-21-17-6-5-15(24(32)30(3)9-10-33-4)11-20(17)34-23(21)26-14-25-22/h7-8,12-15H,5-6,9-11H2,1-4H3,(H,25,26,28)/t15-/m0/s1. The number of ether oxygens (including phenoxy) is 1. The molecule has 4 heterocycles. The molecular weight excluding hydrogens is 450 g/mol. The van der Waals surface area contributed by atoms with Crippen LogP contribution in [-0.2, 0) is 22.4 Å². The van der Waals surface area contributed by atoms with Gasteiger partial charge in [-0.25, -0.2) is 14.5 Å². The van der Waals surface area contributed by atoms with E-state index >= 15 is 0 Å². The van der Waals surface area contributed by atoms with Crippen LogP contribution in [0, 0.1) is 5.92 Å². The van der Waals surface area contributed by atoms with Gasteiger partial charge in [0.1, 0.15) is 17.0 Å². The van der Waals surface area contributed by atoms with Gasteiger partial charge in [-0.3, -0.25) is 4.79 Å². The topological polar surface area (TPSA) is 87.9 Å². The van der Waals surface area contributed by atoms with E-state index in [0.717, 1.165) is 52.2 Å². The maximum Gasteiger partial charge on any atom is 0.225 e. The first kappa shape index (κ1) is 22.5. The van der Waals surface area contributed by atoms with Gasteiger partial charge in [-0.15, -0.1) is 11.3 Å². The van der Waals surface area contributed by atoms with Crippen LogP contribution in [0.1, 0.15) is 16.9 Å². The molecule has 4 aromatic heterocycles. The van der Waals surface area contributed by atoms with E-state index in [1.165, 1.54) is 10.4 Å². The van der Waals surface area contributed by atoms with Crippen LogP contribution >= 0.6 is 11.3 Å². The molecule has 178 valence electrons. The van der Waals surface area contributed by atoms with Crippen LogP contribution in [0.2, 0.25) is 0 Å². The van der Waals surface area contributed by atoms with Gasteiger partial charge < -0.3 is 19.9 Å². The Labute approximate surface area is 202 Å². The Morgan fingerprint density at radius 2 is 2.18 bits per heavy atom. The Kier molecular flexibility index (Phi) is 6.09. The number of hydrogen-bond donors (Lipinski definition) is 1. The van der Waals surface area contributed by atoms with E-state index < -0.39 is 0 Å². The summed E-state index contributed by atoms with van der Waals surface area (Å²) in [5, 5.41) is 9.00. The second kappa shape index (κ2) is 9.19. The highest BCUT2D eigenvalue weighted by Gasteiger charge is 2.30. The Bertz CT molecular complexity index is 1350. The number of carbonyl (C=O) groups is 1. The molecule has 0 bridgehead atoms. The lowest BCUT2D eigenvalue weighted by molar-refractivity contribution is -0.135. The second-order valence-corrected chi connectivity index (χ2v) is 9.97. The zero-order valence-electron chi connectivity index (χ0n) is 19.9. The van der Waals surface area contributed by atoms with Crippen molar-refractivity contribution in [2.75, 3.05) is 51.6 Å². The number of aryl methyl sites for hydroxylation is 1. The van der Waals surface area contributed by atoms with Crippen molar-refractivity contribution in [3.05, 3.63) is 41.3 Å². The van der Waals surface area contributed by atoms with Gasteiger partial charge in [-0.2, -0.15) is 5.10 Å². The number of hydrogen-bond acceptors (Lipinski definition) is 8. The zero-order chi connectivity index (χ0) is 23.8. The van der Waals surface area contributed by atoms with Gasteiger partial charge in [0.25, 0.3) is 0 Å². The van der Waals surface area contributed by atoms with Crippen molar-refractivity contribution < 1.29 is 9.53 Å². The molecule has 0 saturated heterocycles. The van der Waals surface area contributed by atoms with E-state index in [4.69, 9.17) is 4.74 Å². The van der Waals surface area contributed by atoms with Gasteiger partial charge in [0.05, 0.1) is 35.1 Å². The van der Waals surface area contributed by atoms with Crippen molar-refractivity contribution >= 4 is 50.2 Å². The minimum Gasteiger partial charge on any atom is -0.383 e. The van der Waals surface area contributed by atoms with Crippen molar-refractivity contribution in [3.8, 4) is 0 Å². The molecule has 9 nitrogen and oxygen atoms in total. The fourth-order valence-corrected chi connectivity index (χ4v) is 5.87. The van der Waals surface area contributed by atoms with E-state index in [-0.39, 0.29) is 11.8 Å². The third-order valence-corrected chi connectivity index (χ3v) is 7.61. The van der Waals surface area contributed by atoms with Gasteiger partial charge in [0.15, 0.2) is 0 Å². The number of carbonyl (C=O) groups excluding carboxylic acids is 1. The number of fused-ring (bicyclic) bond motifs is 4. The van der Waals surface area contributed by atoms with Crippen LogP contribution in [0.4, 0.5) is 17.2 Å². The number of anilines is 3. The fourth-order valence-electron chi connectivity index (χ4n) is 4.60. The average molecular weight is 480 g/mol. The molecule has 4 aromatic rings. The molecule has 0 aromatic carbocycles. The predicted octanol–water partition coefficient (Wildman–Crippen LogP) is 3.36. The molecule has 1 aliphatic carbocycles. The molecule has 1 atom stereocenters. The molecule has 0 unspecified atom stereocenters. The Morgan fingerprint density at radius 1 is 1.32 bits per heavy atom. The number of nitrogens with zero attached hydrogens (tertiary/aromatic N) is 6. The van der Waals surface area contributed by atoms with Crippen LogP contribution in [0.25, 0.3) is 15.7 Å². The van der Waals surface area contributed by atoms with Gasteiger partial charge in [0.2, 0.25) is 5.91 Å². The number of methoxy groups -OCH3 is 1. The maximum absolute atomic E-state index is 12.9. The summed E-state index contributed by atoms with van der Waals surface area (Å²) in [5.74, 6) is 0.988. The first-order chi connectivity index (χ1) is 16.5. The minimum absolute atomic E-state index is 0.00333. The van der Waals surface area contributed by atoms with Crippen molar-refractivity contribution in [1.29, 1.82) is 0 Å². The highest BCUT2D eigenvalue weighted by molar-refractivity contribution is 7.19. The van der Waals surface area contributed by atoms with Crippen LogP contribution in [-0.4, -0.2) is 71.8 Å². The summed E-state index contributed by atoms with van der Waals surface area (Å²) in [6, 6.07) is 4.06. The Morgan fingerprint density at radius 3 is 2.97 bits per heavy atom. The highest BCUT2D eigenvalue weighted by atomic mass is 32.1. The van der Waals surface area contributed by atoms with E-state index in [2.05, 4.69) is 31.3 Å². The summed E-state index contributed by atoms with van der Waals surface area (Å²) in [6.45, 7) is 1.16. The quantitative estimate of drug-likeness (QED) is 0.435. The molecule has 0 radical (unpaired) electrons. The molecule has 1 amide bonds. The number of aromatic nitrogens is 4. The molecule has 34 heavy (non-hydrogen) atoms. The smallest absolute Gasteiger partial charge is 0.225 e. The van der Waals surface area contributed by atoms with Crippen LogP contribution in [0.5, 0.6) is 0 Å². The lowest BCUT2D eigenvalue weighted by Crippen LogP contribution is -2.37. The molecule has 0 fully saturated rings. The molecular formula is C24H29N7O2S. The van der Waals surface area contributed by atoms with Gasteiger partial charge in [-0.1, -0.05) is 0 Å². The van der Waals surface area contributed by atoms with Crippen molar-refractivity contribution in [2.45, 2.75) is 19.3 Å². The summed E-state index contributed by atoms with van der Waals surface area (Å²) in [6.07, 6.45) is 7.83. The number of likely N-dealkylation sites (N-methyl/N-ethyl adjacent to an activating group) is 1. The molecule has 1 N–H and O–H groups in total. The molecule has 5 rings (SSSR count). The lowest BCUT2D eigenvalue weighted by atomic mass is 9.87.